The Morgan fingerprint density at radius 3 is 2.35 bits per heavy atom. The molecule has 0 fully saturated rings. The predicted molar refractivity (Wildman–Crippen MR) is 89.8 cm³/mol. The second-order valence-electron chi connectivity index (χ2n) is 5.62. The van der Waals surface area contributed by atoms with Gasteiger partial charge in [0.15, 0.2) is 0 Å². The van der Waals surface area contributed by atoms with Gasteiger partial charge in [-0.05, 0) is 63.4 Å². The minimum atomic E-state index is 0.320. The number of rotatable bonds is 5. The van der Waals surface area contributed by atoms with Crippen molar-refractivity contribution in [1.29, 1.82) is 0 Å². The summed E-state index contributed by atoms with van der Waals surface area (Å²) in [5, 5.41) is 3.72. The fourth-order valence-electron chi connectivity index (χ4n) is 2.76. The largest absolute Gasteiger partial charge is 0.306 e. The summed E-state index contributed by atoms with van der Waals surface area (Å²) < 4.78 is 0. The standard InChI is InChI=1S/C18H25NS/c1-6-9-19-18(17-11-14(4)20-15(17)5)16-8-7-12(2)10-13(16)3/h7-8,10-11,18-19H,6,9H2,1-5H3. The molecule has 1 unspecified atom stereocenters. The molecular formula is C18H25NS. The Balaban J connectivity index is 2.44. The van der Waals surface area contributed by atoms with Gasteiger partial charge in [0.2, 0.25) is 0 Å². The van der Waals surface area contributed by atoms with Crippen LogP contribution in [0.2, 0.25) is 0 Å². The Kier molecular flexibility index (Phi) is 5.00. The van der Waals surface area contributed by atoms with Gasteiger partial charge in [0, 0.05) is 9.75 Å². The zero-order valence-electron chi connectivity index (χ0n) is 13.2. The summed E-state index contributed by atoms with van der Waals surface area (Å²) in [5.41, 5.74) is 5.55. The van der Waals surface area contributed by atoms with Gasteiger partial charge in [-0.15, -0.1) is 11.3 Å². The van der Waals surface area contributed by atoms with Crippen LogP contribution in [-0.2, 0) is 0 Å². The molecule has 1 N–H and O–H groups in total. The number of benzene rings is 1. The molecule has 0 amide bonds. The summed E-state index contributed by atoms with van der Waals surface area (Å²) in [6.45, 7) is 12.1. The van der Waals surface area contributed by atoms with Crippen molar-refractivity contribution in [2.75, 3.05) is 6.54 Å². The van der Waals surface area contributed by atoms with E-state index in [1.807, 2.05) is 11.3 Å². The summed E-state index contributed by atoms with van der Waals surface area (Å²) in [6.07, 6.45) is 1.16. The van der Waals surface area contributed by atoms with Crippen LogP contribution in [0.3, 0.4) is 0 Å². The molecule has 0 aliphatic carbocycles. The number of nitrogens with one attached hydrogen (secondary N) is 1. The highest BCUT2D eigenvalue weighted by atomic mass is 32.1. The number of hydrogen-bond acceptors (Lipinski definition) is 2. The first kappa shape index (κ1) is 15.3. The highest BCUT2D eigenvalue weighted by Crippen LogP contribution is 2.32. The molecule has 0 spiro atoms. The van der Waals surface area contributed by atoms with E-state index < -0.39 is 0 Å². The molecule has 1 nitrogen and oxygen atoms in total. The van der Waals surface area contributed by atoms with Crippen LogP contribution in [-0.4, -0.2) is 6.54 Å². The van der Waals surface area contributed by atoms with Crippen molar-refractivity contribution in [2.45, 2.75) is 47.1 Å². The smallest absolute Gasteiger partial charge is 0.0590 e. The molecule has 2 rings (SSSR count). The highest BCUT2D eigenvalue weighted by Gasteiger charge is 2.19. The molecule has 2 heteroatoms. The van der Waals surface area contributed by atoms with Gasteiger partial charge in [0.05, 0.1) is 6.04 Å². The number of hydrogen-bond donors (Lipinski definition) is 1. The normalized spacial score (nSPS) is 12.7. The first-order chi connectivity index (χ1) is 9.52. The summed E-state index contributed by atoms with van der Waals surface area (Å²) >= 11 is 1.89. The van der Waals surface area contributed by atoms with Crippen molar-refractivity contribution in [3.63, 3.8) is 0 Å². The Morgan fingerprint density at radius 2 is 1.80 bits per heavy atom. The maximum Gasteiger partial charge on any atom is 0.0590 e. The van der Waals surface area contributed by atoms with E-state index in [-0.39, 0.29) is 0 Å². The molecule has 0 saturated carbocycles. The molecule has 1 atom stereocenters. The molecule has 20 heavy (non-hydrogen) atoms. The van der Waals surface area contributed by atoms with E-state index in [9.17, 15) is 0 Å². The fraction of sp³-hybridized carbons (Fsp3) is 0.444. The van der Waals surface area contributed by atoms with Gasteiger partial charge in [-0.3, -0.25) is 0 Å². The van der Waals surface area contributed by atoms with E-state index in [2.05, 4.69) is 64.2 Å². The molecule has 0 saturated heterocycles. The highest BCUT2D eigenvalue weighted by molar-refractivity contribution is 7.12. The molecule has 1 aromatic carbocycles. The van der Waals surface area contributed by atoms with Crippen molar-refractivity contribution < 1.29 is 0 Å². The first-order valence-electron chi connectivity index (χ1n) is 7.40. The maximum atomic E-state index is 3.72. The van der Waals surface area contributed by atoms with Crippen LogP contribution in [0.15, 0.2) is 24.3 Å². The quantitative estimate of drug-likeness (QED) is 0.809. The lowest BCUT2D eigenvalue weighted by Gasteiger charge is -2.21. The molecule has 0 bridgehead atoms. The van der Waals surface area contributed by atoms with Crippen LogP contribution < -0.4 is 5.32 Å². The lowest BCUT2D eigenvalue weighted by molar-refractivity contribution is 0.595. The molecule has 1 aromatic heterocycles. The fourth-order valence-corrected chi connectivity index (χ4v) is 3.73. The summed E-state index contributed by atoms with van der Waals surface area (Å²) in [4.78, 5) is 2.82. The van der Waals surface area contributed by atoms with Crippen molar-refractivity contribution >= 4 is 11.3 Å². The summed E-state index contributed by atoms with van der Waals surface area (Å²) in [6, 6.07) is 9.44. The van der Waals surface area contributed by atoms with Crippen molar-refractivity contribution in [1.82, 2.24) is 5.32 Å². The Morgan fingerprint density at radius 1 is 1.05 bits per heavy atom. The van der Waals surface area contributed by atoms with E-state index in [1.165, 1.54) is 32.0 Å². The van der Waals surface area contributed by atoms with Crippen molar-refractivity contribution in [3.8, 4) is 0 Å². The maximum absolute atomic E-state index is 3.72. The van der Waals surface area contributed by atoms with E-state index in [4.69, 9.17) is 0 Å². The van der Waals surface area contributed by atoms with Crippen LogP contribution in [0, 0.1) is 27.7 Å². The van der Waals surface area contributed by atoms with Gasteiger partial charge < -0.3 is 5.32 Å². The van der Waals surface area contributed by atoms with E-state index in [1.54, 1.807) is 0 Å². The van der Waals surface area contributed by atoms with Gasteiger partial charge in [-0.1, -0.05) is 30.7 Å². The van der Waals surface area contributed by atoms with E-state index in [0.29, 0.717) is 6.04 Å². The monoisotopic (exact) mass is 287 g/mol. The van der Waals surface area contributed by atoms with Crippen molar-refractivity contribution in [2.24, 2.45) is 0 Å². The van der Waals surface area contributed by atoms with Crippen LogP contribution in [0.25, 0.3) is 0 Å². The van der Waals surface area contributed by atoms with Gasteiger partial charge in [-0.25, -0.2) is 0 Å². The second kappa shape index (κ2) is 6.55. The lowest BCUT2D eigenvalue weighted by atomic mass is 9.94. The minimum Gasteiger partial charge on any atom is -0.306 e. The summed E-state index contributed by atoms with van der Waals surface area (Å²) in [5.74, 6) is 0. The molecule has 0 aliphatic heterocycles. The molecule has 0 radical (unpaired) electrons. The Bertz CT molecular complexity index is 583. The summed E-state index contributed by atoms with van der Waals surface area (Å²) in [7, 11) is 0. The molecule has 1 heterocycles. The van der Waals surface area contributed by atoms with Gasteiger partial charge in [0.25, 0.3) is 0 Å². The molecule has 0 aliphatic rings. The molecule has 108 valence electrons. The van der Waals surface area contributed by atoms with Crippen LogP contribution in [0.4, 0.5) is 0 Å². The Hall–Kier alpha value is -1.12. The minimum absolute atomic E-state index is 0.320. The first-order valence-corrected chi connectivity index (χ1v) is 8.22. The average molecular weight is 287 g/mol. The van der Waals surface area contributed by atoms with Gasteiger partial charge >= 0.3 is 0 Å². The third-order valence-corrected chi connectivity index (χ3v) is 4.71. The average Bonchev–Trinajstić information content (AvgIpc) is 2.71. The predicted octanol–water partition coefficient (Wildman–Crippen LogP) is 5.07. The second-order valence-corrected chi connectivity index (χ2v) is 7.08. The third kappa shape index (κ3) is 3.31. The van der Waals surface area contributed by atoms with E-state index >= 15 is 0 Å². The molecular weight excluding hydrogens is 262 g/mol. The van der Waals surface area contributed by atoms with E-state index in [0.717, 1.165) is 13.0 Å². The third-order valence-electron chi connectivity index (χ3n) is 3.73. The molecule has 2 aromatic rings. The van der Waals surface area contributed by atoms with Gasteiger partial charge in [0.1, 0.15) is 0 Å². The van der Waals surface area contributed by atoms with Crippen LogP contribution in [0.5, 0.6) is 0 Å². The van der Waals surface area contributed by atoms with Crippen LogP contribution >= 0.6 is 11.3 Å². The zero-order valence-corrected chi connectivity index (χ0v) is 14.0. The number of thiophene rings is 1. The topological polar surface area (TPSA) is 12.0 Å². The lowest BCUT2D eigenvalue weighted by Crippen LogP contribution is -2.24. The number of aryl methyl sites for hydroxylation is 4. The van der Waals surface area contributed by atoms with Crippen molar-refractivity contribution in [3.05, 3.63) is 56.3 Å². The zero-order chi connectivity index (χ0) is 14.7. The van der Waals surface area contributed by atoms with Crippen LogP contribution in [0.1, 0.15) is 51.4 Å². The Labute approximate surface area is 127 Å². The SMILES string of the molecule is CCCNC(c1ccc(C)cc1C)c1cc(C)sc1C. The van der Waals surface area contributed by atoms with Gasteiger partial charge in [-0.2, -0.15) is 0 Å².